The van der Waals surface area contributed by atoms with Gasteiger partial charge in [-0.2, -0.15) is 5.10 Å². The van der Waals surface area contributed by atoms with Crippen LogP contribution in [0.3, 0.4) is 0 Å². The van der Waals surface area contributed by atoms with Crippen molar-refractivity contribution in [3.05, 3.63) is 65.6 Å². The first-order valence-electron chi connectivity index (χ1n) is 9.27. The van der Waals surface area contributed by atoms with Crippen molar-refractivity contribution < 1.29 is 8.42 Å². The van der Waals surface area contributed by atoms with Crippen molar-refractivity contribution in [2.45, 2.75) is 43.2 Å². The van der Waals surface area contributed by atoms with Crippen LogP contribution >= 0.6 is 11.6 Å². The molecule has 1 fully saturated rings. The van der Waals surface area contributed by atoms with Crippen LogP contribution in [0.25, 0.3) is 11.3 Å². The van der Waals surface area contributed by atoms with Gasteiger partial charge in [-0.1, -0.05) is 36.6 Å². The number of hydrogen-bond donors (Lipinski definition) is 1. The van der Waals surface area contributed by atoms with Gasteiger partial charge in [-0.25, -0.2) is 13.1 Å². The first-order chi connectivity index (χ1) is 13.5. The fourth-order valence-electron chi connectivity index (χ4n) is 3.61. The lowest BCUT2D eigenvalue weighted by Crippen LogP contribution is -2.24. The summed E-state index contributed by atoms with van der Waals surface area (Å²) < 4.78 is 29.9. The summed E-state index contributed by atoms with van der Waals surface area (Å²) in [7, 11) is -3.72. The minimum absolute atomic E-state index is 0.0706. The van der Waals surface area contributed by atoms with Crippen LogP contribution in [0.5, 0.6) is 0 Å². The number of hydrogen-bond acceptors (Lipinski definition) is 4. The molecule has 0 bridgehead atoms. The normalized spacial score (nSPS) is 15.2. The zero-order valence-electron chi connectivity index (χ0n) is 15.3. The van der Waals surface area contributed by atoms with Crippen molar-refractivity contribution in [2.24, 2.45) is 0 Å². The molecule has 1 aliphatic carbocycles. The minimum atomic E-state index is -3.72. The lowest BCUT2D eigenvalue weighted by molar-refractivity contribution is 0.467. The molecule has 0 unspecified atom stereocenters. The van der Waals surface area contributed by atoms with E-state index in [1.165, 1.54) is 18.9 Å². The van der Waals surface area contributed by atoms with E-state index >= 15 is 0 Å². The van der Waals surface area contributed by atoms with E-state index in [1.807, 2.05) is 22.9 Å². The number of aromatic nitrogens is 3. The van der Waals surface area contributed by atoms with Gasteiger partial charge in [0.25, 0.3) is 0 Å². The number of halogens is 1. The van der Waals surface area contributed by atoms with Crippen LogP contribution in [0.2, 0.25) is 5.02 Å². The zero-order chi connectivity index (χ0) is 19.6. The molecule has 0 atom stereocenters. The Balaban J connectivity index is 1.61. The SMILES string of the molecule is O=S(=O)(NCc1cc(-c2ccncc2)n(C2CCCC2)n1)c1ccccc1Cl. The van der Waals surface area contributed by atoms with Crippen LogP contribution < -0.4 is 4.72 Å². The fraction of sp³-hybridized carbons (Fsp3) is 0.300. The lowest BCUT2D eigenvalue weighted by atomic mass is 10.1. The van der Waals surface area contributed by atoms with Gasteiger partial charge in [-0.15, -0.1) is 0 Å². The number of nitrogens with zero attached hydrogens (tertiary/aromatic N) is 3. The Kier molecular flexibility index (Phi) is 5.48. The highest BCUT2D eigenvalue weighted by Gasteiger charge is 2.23. The molecule has 146 valence electrons. The minimum Gasteiger partial charge on any atom is -0.265 e. The van der Waals surface area contributed by atoms with E-state index in [2.05, 4.69) is 9.71 Å². The van der Waals surface area contributed by atoms with Crippen molar-refractivity contribution in [1.82, 2.24) is 19.5 Å². The van der Waals surface area contributed by atoms with Gasteiger partial charge < -0.3 is 0 Å². The van der Waals surface area contributed by atoms with Gasteiger partial charge >= 0.3 is 0 Å². The molecule has 3 aromatic rings. The molecule has 6 nitrogen and oxygen atoms in total. The van der Waals surface area contributed by atoms with Gasteiger partial charge in [0, 0.05) is 18.0 Å². The molecule has 4 rings (SSSR count). The van der Waals surface area contributed by atoms with E-state index < -0.39 is 10.0 Å². The van der Waals surface area contributed by atoms with Crippen molar-refractivity contribution >= 4 is 21.6 Å². The molecule has 2 heterocycles. The molecule has 1 N–H and O–H groups in total. The number of rotatable bonds is 6. The smallest absolute Gasteiger partial charge is 0.242 e. The van der Waals surface area contributed by atoms with Gasteiger partial charge in [-0.05, 0) is 43.2 Å². The highest BCUT2D eigenvalue weighted by Crippen LogP contribution is 2.33. The van der Waals surface area contributed by atoms with Gasteiger partial charge in [0.05, 0.1) is 29.0 Å². The van der Waals surface area contributed by atoms with Crippen LogP contribution in [-0.4, -0.2) is 23.2 Å². The molecule has 0 spiro atoms. The monoisotopic (exact) mass is 416 g/mol. The Morgan fingerprint density at radius 1 is 1.11 bits per heavy atom. The third-order valence-electron chi connectivity index (χ3n) is 5.00. The Hall–Kier alpha value is -2.22. The Morgan fingerprint density at radius 3 is 2.54 bits per heavy atom. The average molecular weight is 417 g/mol. The quantitative estimate of drug-likeness (QED) is 0.653. The molecule has 1 saturated carbocycles. The highest BCUT2D eigenvalue weighted by atomic mass is 35.5. The van der Waals surface area contributed by atoms with Crippen LogP contribution in [0.1, 0.15) is 37.4 Å². The van der Waals surface area contributed by atoms with Crippen molar-refractivity contribution in [3.8, 4) is 11.3 Å². The van der Waals surface area contributed by atoms with Gasteiger partial charge in [0.15, 0.2) is 0 Å². The number of sulfonamides is 1. The van der Waals surface area contributed by atoms with Gasteiger partial charge in [-0.3, -0.25) is 9.67 Å². The molecule has 2 aromatic heterocycles. The summed E-state index contributed by atoms with van der Waals surface area (Å²) in [6, 6.07) is 12.6. The van der Waals surface area contributed by atoms with E-state index in [4.69, 9.17) is 16.7 Å². The Morgan fingerprint density at radius 2 is 1.82 bits per heavy atom. The predicted molar refractivity (Wildman–Crippen MR) is 108 cm³/mol. The van der Waals surface area contributed by atoms with Crippen molar-refractivity contribution in [2.75, 3.05) is 0 Å². The maximum Gasteiger partial charge on any atom is 0.242 e. The lowest BCUT2D eigenvalue weighted by Gasteiger charge is -2.14. The first-order valence-corrected chi connectivity index (χ1v) is 11.1. The summed E-state index contributed by atoms with van der Waals surface area (Å²) in [5.41, 5.74) is 2.69. The second-order valence-electron chi connectivity index (χ2n) is 6.89. The Bertz CT molecular complexity index is 1060. The maximum absolute atomic E-state index is 12.6. The standard InChI is InChI=1S/C20H21ClN4O2S/c21-18-7-3-4-8-20(18)28(26,27)23-14-16-13-19(15-9-11-22-12-10-15)25(24-16)17-5-1-2-6-17/h3-4,7-13,17,23H,1-2,5-6,14H2. The summed E-state index contributed by atoms with van der Waals surface area (Å²) in [6.07, 6.45) is 8.06. The molecule has 28 heavy (non-hydrogen) atoms. The maximum atomic E-state index is 12.6. The van der Waals surface area contributed by atoms with Crippen LogP contribution in [0, 0.1) is 0 Å². The molecule has 1 aromatic carbocycles. The van der Waals surface area contributed by atoms with E-state index in [-0.39, 0.29) is 16.5 Å². The summed E-state index contributed by atoms with van der Waals surface area (Å²) >= 11 is 6.04. The molecule has 1 aliphatic rings. The molecular formula is C20H21ClN4O2S. The molecular weight excluding hydrogens is 396 g/mol. The first kappa shape index (κ1) is 19.1. The van der Waals surface area contributed by atoms with Crippen LogP contribution in [0.15, 0.2) is 59.8 Å². The summed E-state index contributed by atoms with van der Waals surface area (Å²) in [6.45, 7) is 0.103. The number of nitrogens with one attached hydrogen (secondary N) is 1. The van der Waals surface area contributed by atoms with Gasteiger partial charge in [0.2, 0.25) is 10.0 Å². The zero-order valence-corrected chi connectivity index (χ0v) is 16.8. The molecule has 0 amide bonds. The van der Waals surface area contributed by atoms with Crippen LogP contribution in [-0.2, 0) is 16.6 Å². The second-order valence-corrected chi connectivity index (χ2v) is 9.04. The molecule has 8 heteroatoms. The van der Waals surface area contributed by atoms with Crippen LogP contribution in [0.4, 0.5) is 0 Å². The number of benzene rings is 1. The summed E-state index contributed by atoms with van der Waals surface area (Å²) in [5.74, 6) is 0. The largest absolute Gasteiger partial charge is 0.265 e. The van der Waals surface area contributed by atoms with E-state index in [0.29, 0.717) is 11.7 Å². The van der Waals surface area contributed by atoms with Crippen molar-refractivity contribution in [3.63, 3.8) is 0 Å². The van der Waals surface area contributed by atoms with Gasteiger partial charge in [0.1, 0.15) is 4.90 Å². The predicted octanol–water partition coefficient (Wildman–Crippen LogP) is 4.19. The molecule has 0 saturated heterocycles. The number of pyridine rings is 1. The second kappa shape index (κ2) is 8.03. The average Bonchev–Trinajstić information content (AvgIpc) is 3.37. The molecule has 0 aliphatic heterocycles. The third-order valence-corrected chi connectivity index (χ3v) is 6.90. The van der Waals surface area contributed by atoms with Crippen molar-refractivity contribution in [1.29, 1.82) is 0 Å². The highest BCUT2D eigenvalue weighted by molar-refractivity contribution is 7.89. The summed E-state index contributed by atoms with van der Waals surface area (Å²) in [5, 5.41) is 4.92. The Labute approximate surface area is 169 Å². The van der Waals surface area contributed by atoms with E-state index in [0.717, 1.165) is 24.1 Å². The van der Waals surface area contributed by atoms with E-state index in [1.54, 1.807) is 30.6 Å². The summed E-state index contributed by atoms with van der Waals surface area (Å²) in [4.78, 5) is 4.15. The topological polar surface area (TPSA) is 76.9 Å². The third kappa shape index (κ3) is 3.97. The van der Waals surface area contributed by atoms with E-state index in [9.17, 15) is 8.42 Å². The fourth-order valence-corrected chi connectivity index (χ4v) is 5.12. The molecule has 0 radical (unpaired) electrons.